The van der Waals surface area contributed by atoms with Crippen molar-refractivity contribution in [3.05, 3.63) is 64.9 Å². The lowest BCUT2D eigenvalue weighted by Gasteiger charge is -2.08. The molecule has 3 nitrogen and oxygen atoms in total. The fourth-order valence-corrected chi connectivity index (χ4v) is 2.09. The number of halogens is 2. The van der Waals surface area contributed by atoms with Gasteiger partial charge >= 0.3 is 0 Å². The zero-order valence-electron chi connectivity index (χ0n) is 11.4. The normalized spacial score (nSPS) is 10.2. The van der Waals surface area contributed by atoms with Crippen molar-refractivity contribution < 1.29 is 9.18 Å². The maximum absolute atomic E-state index is 13.0. The smallest absolute Gasteiger partial charge is 0.239 e. The summed E-state index contributed by atoms with van der Waals surface area (Å²) in [5.41, 5.74) is 1.65. The molecule has 21 heavy (non-hydrogen) atoms. The summed E-state index contributed by atoms with van der Waals surface area (Å²) in [6, 6.07) is 13.5. The van der Waals surface area contributed by atoms with Gasteiger partial charge in [-0.05, 0) is 42.3 Å². The van der Waals surface area contributed by atoms with Crippen LogP contribution in [-0.2, 0) is 11.2 Å². The minimum absolute atomic E-state index is 0.110. The Kier molecular flexibility index (Phi) is 5.58. The summed E-state index contributed by atoms with van der Waals surface area (Å²) in [5.74, 6) is -0.470. The predicted octanol–water partition coefficient (Wildman–Crippen LogP) is 3.25. The molecule has 2 aromatic carbocycles. The van der Waals surface area contributed by atoms with Gasteiger partial charge in [0.2, 0.25) is 5.91 Å². The molecule has 0 saturated heterocycles. The van der Waals surface area contributed by atoms with Gasteiger partial charge in [0, 0.05) is 17.3 Å². The Labute approximate surface area is 128 Å². The SMILES string of the molecule is O=C(CNc1cccc(F)c1)NCCc1cccc(Cl)c1. The molecule has 0 bridgehead atoms. The van der Waals surface area contributed by atoms with Crippen LogP contribution in [0.1, 0.15) is 5.56 Å². The largest absolute Gasteiger partial charge is 0.376 e. The van der Waals surface area contributed by atoms with E-state index in [4.69, 9.17) is 11.6 Å². The van der Waals surface area contributed by atoms with Crippen molar-refractivity contribution in [1.82, 2.24) is 5.32 Å². The molecular formula is C16H16ClFN2O. The highest BCUT2D eigenvalue weighted by atomic mass is 35.5. The summed E-state index contributed by atoms with van der Waals surface area (Å²) in [6.45, 7) is 0.642. The van der Waals surface area contributed by atoms with Crippen LogP contribution in [0.4, 0.5) is 10.1 Å². The molecular weight excluding hydrogens is 291 g/mol. The van der Waals surface area contributed by atoms with E-state index < -0.39 is 0 Å². The second kappa shape index (κ2) is 7.64. The maximum Gasteiger partial charge on any atom is 0.239 e. The van der Waals surface area contributed by atoms with Crippen LogP contribution < -0.4 is 10.6 Å². The second-order valence-electron chi connectivity index (χ2n) is 4.59. The van der Waals surface area contributed by atoms with E-state index in [1.807, 2.05) is 24.3 Å². The van der Waals surface area contributed by atoms with E-state index in [-0.39, 0.29) is 18.3 Å². The quantitative estimate of drug-likeness (QED) is 0.860. The first-order valence-corrected chi connectivity index (χ1v) is 7.02. The molecule has 0 aliphatic rings. The van der Waals surface area contributed by atoms with Crippen molar-refractivity contribution in [3.63, 3.8) is 0 Å². The van der Waals surface area contributed by atoms with Crippen LogP contribution in [-0.4, -0.2) is 19.0 Å². The molecule has 0 unspecified atom stereocenters. The van der Waals surface area contributed by atoms with E-state index in [9.17, 15) is 9.18 Å². The summed E-state index contributed by atoms with van der Waals surface area (Å²) in [7, 11) is 0. The first kappa shape index (κ1) is 15.3. The summed E-state index contributed by atoms with van der Waals surface area (Å²) in [5, 5.41) is 6.35. The molecule has 1 amide bonds. The highest BCUT2D eigenvalue weighted by Gasteiger charge is 2.02. The molecule has 0 heterocycles. The fourth-order valence-electron chi connectivity index (χ4n) is 1.88. The van der Waals surface area contributed by atoms with Crippen LogP contribution in [0.5, 0.6) is 0 Å². The molecule has 0 radical (unpaired) electrons. The van der Waals surface area contributed by atoms with E-state index >= 15 is 0 Å². The summed E-state index contributed by atoms with van der Waals surface area (Å²) < 4.78 is 13.0. The third-order valence-corrected chi connectivity index (χ3v) is 3.14. The first-order valence-electron chi connectivity index (χ1n) is 6.64. The predicted molar refractivity (Wildman–Crippen MR) is 83.1 cm³/mol. The molecule has 0 spiro atoms. The Morgan fingerprint density at radius 3 is 2.71 bits per heavy atom. The Hall–Kier alpha value is -2.07. The van der Waals surface area contributed by atoms with Crippen molar-refractivity contribution in [2.45, 2.75) is 6.42 Å². The van der Waals surface area contributed by atoms with Crippen molar-refractivity contribution in [2.75, 3.05) is 18.4 Å². The van der Waals surface area contributed by atoms with Gasteiger partial charge < -0.3 is 10.6 Å². The zero-order valence-corrected chi connectivity index (χ0v) is 12.2. The van der Waals surface area contributed by atoms with E-state index in [1.165, 1.54) is 12.1 Å². The average Bonchev–Trinajstić information content (AvgIpc) is 2.45. The summed E-state index contributed by atoms with van der Waals surface area (Å²) in [6.07, 6.45) is 0.715. The highest BCUT2D eigenvalue weighted by Crippen LogP contribution is 2.10. The molecule has 0 saturated carbocycles. The standard InChI is InChI=1S/C16H16ClFN2O/c17-13-4-1-3-12(9-13)7-8-19-16(21)11-20-15-6-2-5-14(18)10-15/h1-6,9-10,20H,7-8,11H2,(H,19,21). The van der Waals surface area contributed by atoms with Gasteiger partial charge in [-0.1, -0.05) is 29.8 Å². The van der Waals surface area contributed by atoms with Crippen molar-refractivity contribution in [1.29, 1.82) is 0 Å². The number of amides is 1. The van der Waals surface area contributed by atoms with Gasteiger partial charge in [0.25, 0.3) is 0 Å². The molecule has 0 aromatic heterocycles. The Balaban J connectivity index is 1.70. The number of carbonyl (C=O) groups excluding carboxylic acids is 1. The minimum Gasteiger partial charge on any atom is -0.376 e. The van der Waals surface area contributed by atoms with Gasteiger partial charge in [-0.3, -0.25) is 4.79 Å². The molecule has 5 heteroatoms. The first-order chi connectivity index (χ1) is 10.1. The van der Waals surface area contributed by atoms with E-state index in [1.54, 1.807) is 12.1 Å². The van der Waals surface area contributed by atoms with Crippen LogP contribution in [0.3, 0.4) is 0 Å². The van der Waals surface area contributed by atoms with Crippen LogP contribution in [0.2, 0.25) is 5.02 Å². The minimum atomic E-state index is -0.332. The lowest BCUT2D eigenvalue weighted by Crippen LogP contribution is -2.31. The van der Waals surface area contributed by atoms with Crippen molar-refractivity contribution in [2.24, 2.45) is 0 Å². The van der Waals surface area contributed by atoms with E-state index in [2.05, 4.69) is 10.6 Å². The molecule has 110 valence electrons. The Morgan fingerprint density at radius 2 is 1.95 bits per heavy atom. The third-order valence-electron chi connectivity index (χ3n) is 2.90. The van der Waals surface area contributed by atoms with Crippen molar-refractivity contribution in [3.8, 4) is 0 Å². The van der Waals surface area contributed by atoms with Gasteiger partial charge in [-0.25, -0.2) is 4.39 Å². The molecule has 2 aromatic rings. The van der Waals surface area contributed by atoms with Crippen LogP contribution in [0.25, 0.3) is 0 Å². The number of rotatable bonds is 6. The van der Waals surface area contributed by atoms with Crippen molar-refractivity contribution >= 4 is 23.2 Å². The second-order valence-corrected chi connectivity index (χ2v) is 5.03. The zero-order chi connectivity index (χ0) is 15.1. The summed E-state index contributed by atoms with van der Waals surface area (Å²) >= 11 is 5.89. The third kappa shape index (κ3) is 5.44. The molecule has 2 rings (SSSR count). The Bertz CT molecular complexity index is 619. The molecule has 0 aliphatic carbocycles. The number of carbonyl (C=O) groups is 1. The van der Waals surface area contributed by atoms with Gasteiger partial charge in [0.05, 0.1) is 6.54 Å². The maximum atomic E-state index is 13.0. The number of anilines is 1. The average molecular weight is 307 g/mol. The van der Waals surface area contributed by atoms with E-state index in [0.717, 1.165) is 5.56 Å². The topological polar surface area (TPSA) is 41.1 Å². The van der Waals surface area contributed by atoms with Gasteiger partial charge in [0.15, 0.2) is 0 Å². The molecule has 0 aliphatic heterocycles. The number of hydrogen-bond acceptors (Lipinski definition) is 2. The fraction of sp³-hybridized carbons (Fsp3) is 0.188. The van der Waals surface area contributed by atoms with Gasteiger partial charge in [-0.2, -0.15) is 0 Å². The number of hydrogen-bond donors (Lipinski definition) is 2. The van der Waals surface area contributed by atoms with Gasteiger partial charge in [-0.15, -0.1) is 0 Å². The van der Waals surface area contributed by atoms with Crippen LogP contribution >= 0.6 is 11.6 Å². The lowest BCUT2D eigenvalue weighted by molar-refractivity contribution is -0.119. The lowest BCUT2D eigenvalue weighted by atomic mass is 10.1. The number of nitrogens with one attached hydrogen (secondary N) is 2. The summed E-state index contributed by atoms with van der Waals surface area (Å²) in [4.78, 5) is 11.7. The highest BCUT2D eigenvalue weighted by molar-refractivity contribution is 6.30. The number of benzene rings is 2. The monoisotopic (exact) mass is 306 g/mol. The Morgan fingerprint density at radius 1 is 1.14 bits per heavy atom. The molecule has 2 N–H and O–H groups in total. The van der Waals surface area contributed by atoms with Crippen LogP contribution in [0, 0.1) is 5.82 Å². The van der Waals surface area contributed by atoms with Gasteiger partial charge in [0.1, 0.15) is 5.82 Å². The van der Waals surface area contributed by atoms with E-state index in [0.29, 0.717) is 23.7 Å². The molecule has 0 fully saturated rings. The molecule has 0 atom stereocenters. The van der Waals surface area contributed by atoms with Crippen LogP contribution in [0.15, 0.2) is 48.5 Å².